The lowest BCUT2D eigenvalue weighted by Gasteiger charge is -2.18. The zero-order valence-corrected chi connectivity index (χ0v) is 17.1. The van der Waals surface area contributed by atoms with E-state index in [0.717, 1.165) is 29.7 Å². The van der Waals surface area contributed by atoms with Crippen molar-refractivity contribution >= 4 is 39.8 Å². The molecule has 0 aliphatic heterocycles. The van der Waals surface area contributed by atoms with Crippen LogP contribution in [0, 0.1) is 5.92 Å². The highest BCUT2D eigenvalue weighted by molar-refractivity contribution is 7.17. The minimum absolute atomic E-state index is 0.287. The number of methoxy groups -OCH3 is 1. The molecule has 0 radical (unpaired) electrons. The molecular weight excluding hydrogens is 386 g/mol. The fourth-order valence-corrected chi connectivity index (χ4v) is 4.85. The lowest BCUT2D eigenvalue weighted by Crippen LogP contribution is -2.17. The van der Waals surface area contributed by atoms with Gasteiger partial charge in [0.2, 0.25) is 0 Å². The quantitative estimate of drug-likeness (QED) is 0.711. The van der Waals surface area contributed by atoms with Crippen LogP contribution in [0.3, 0.4) is 0 Å². The molecule has 0 saturated carbocycles. The van der Waals surface area contributed by atoms with Crippen LogP contribution < -0.4 is 10.1 Å². The summed E-state index contributed by atoms with van der Waals surface area (Å²) in [5, 5.41) is 3.84. The predicted octanol–water partition coefficient (Wildman–Crippen LogP) is 4.96. The molecule has 1 heterocycles. The van der Waals surface area contributed by atoms with Gasteiger partial charge in [-0.1, -0.05) is 18.5 Å². The summed E-state index contributed by atoms with van der Waals surface area (Å²) < 4.78 is 10.5. The van der Waals surface area contributed by atoms with Crippen LogP contribution in [-0.2, 0) is 17.6 Å². The Labute approximate surface area is 167 Å². The third kappa shape index (κ3) is 4.12. The molecule has 1 aromatic carbocycles. The Morgan fingerprint density at radius 1 is 1.37 bits per heavy atom. The summed E-state index contributed by atoms with van der Waals surface area (Å²) >= 11 is 7.49. The van der Waals surface area contributed by atoms with Crippen LogP contribution in [0.1, 0.15) is 51.4 Å². The number of halogens is 1. The van der Waals surface area contributed by atoms with Gasteiger partial charge in [0.05, 0.1) is 24.8 Å². The first kappa shape index (κ1) is 19.7. The van der Waals surface area contributed by atoms with Crippen molar-refractivity contribution < 1.29 is 19.1 Å². The van der Waals surface area contributed by atoms with Gasteiger partial charge in [0.25, 0.3) is 5.91 Å². The van der Waals surface area contributed by atoms with Crippen LogP contribution >= 0.6 is 22.9 Å². The minimum Gasteiger partial charge on any atom is -0.496 e. The van der Waals surface area contributed by atoms with Gasteiger partial charge in [-0.15, -0.1) is 11.3 Å². The summed E-state index contributed by atoms with van der Waals surface area (Å²) in [6.45, 7) is 4.25. The molecule has 144 valence electrons. The number of hydrogen-bond acceptors (Lipinski definition) is 5. The van der Waals surface area contributed by atoms with E-state index in [1.165, 1.54) is 18.4 Å². The van der Waals surface area contributed by atoms with Crippen LogP contribution in [0.25, 0.3) is 0 Å². The van der Waals surface area contributed by atoms with E-state index in [1.54, 1.807) is 25.1 Å². The molecule has 1 aliphatic rings. The van der Waals surface area contributed by atoms with Crippen molar-refractivity contribution in [2.45, 2.75) is 33.1 Å². The first-order chi connectivity index (χ1) is 12.9. The number of rotatable bonds is 5. The molecule has 5 nitrogen and oxygen atoms in total. The van der Waals surface area contributed by atoms with Crippen molar-refractivity contribution in [2.24, 2.45) is 5.92 Å². The molecule has 27 heavy (non-hydrogen) atoms. The molecule has 0 fully saturated rings. The van der Waals surface area contributed by atoms with E-state index in [2.05, 4.69) is 12.2 Å². The maximum Gasteiger partial charge on any atom is 0.341 e. The molecule has 1 amide bonds. The zero-order valence-electron chi connectivity index (χ0n) is 15.6. The number of hydrogen-bond donors (Lipinski definition) is 1. The van der Waals surface area contributed by atoms with E-state index in [-0.39, 0.29) is 12.5 Å². The Balaban J connectivity index is 1.98. The summed E-state index contributed by atoms with van der Waals surface area (Å²) in [7, 11) is 1.50. The number of carbonyl (C=O) groups excluding carboxylic acids is 2. The molecule has 0 saturated heterocycles. The van der Waals surface area contributed by atoms with E-state index >= 15 is 0 Å². The molecule has 7 heteroatoms. The maximum absolute atomic E-state index is 12.9. The average Bonchev–Trinajstić information content (AvgIpc) is 2.98. The topological polar surface area (TPSA) is 64.6 Å². The summed E-state index contributed by atoms with van der Waals surface area (Å²) in [4.78, 5) is 26.6. The molecule has 0 bridgehead atoms. The normalized spacial score (nSPS) is 15.8. The fourth-order valence-electron chi connectivity index (χ4n) is 3.29. The van der Waals surface area contributed by atoms with Gasteiger partial charge in [-0.25, -0.2) is 4.79 Å². The van der Waals surface area contributed by atoms with Crippen molar-refractivity contribution in [3.8, 4) is 5.75 Å². The second-order valence-electron chi connectivity index (χ2n) is 6.58. The van der Waals surface area contributed by atoms with Crippen LogP contribution in [0.15, 0.2) is 18.2 Å². The van der Waals surface area contributed by atoms with E-state index in [0.29, 0.717) is 32.8 Å². The number of esters is 1. The molecule has 1 atom stereocenters. The number of anilines is 1. The smallest absolute Gasteiger partial charge is 0.341 e. The highest BCUT2D eigenvalue weighted by atomic mass is 35.5. The van der Waals surface area contributed by atoms with Crippen LogP contribution in [0.2, 0.25) is 5.02 Å². The molecule has 0 unspecified atom stereocenters. The SMILES string of the molecule is CCOC(=O)c1c(NC(=O)c2cc(Cl)ccc2OC)sc2c1CC[C@H](C)C2. The van der Waals surface area contributed by atoms with E-state index in [9.17, 15) is 9.59 Å². The molecule has 3 rings (SSSR count). The summed E-state index contributed by atoms with van der Waals surface area (Å²) in [6, 6.07) is 4.85. The molecular formula is C20H22ClNO4S. The summed E-state index contributed by atoms with van der Waals surface area (Å²) in [6.07, 6.45) is 2.74. The van der Waals surface area contributed by atoms with Gasteiger partial charge in [0.15, 0.2) is 0 Å². The summed E-state index contributed by atoms with van der Waals surface area (Å²) in [5.41, 5.74) is 1.81. The van der Waals surface area contributed by atoms with Crippen molar-refractivity contribution in [3.63, 3.8) is 0 Å². The second kappa shape index (κ2) is 8.31. The lowest BCUT2D eigenvalue weighted by molar-refractivity contribution is 0.0526. The fraction of sp³-hybridized carbons (Fsp3) is 0.400. The predicted molar refractivity (Wildman–Crippen MR) is 107 cm³/mol. The molecule has 2 aromatic rings. The second-order valence-corrected chi connectivity index (χ2v) is 8.12. The summed E-state index contributed by atoms with van der Waals surface area (Å²) in [5.74, 6) is 0.219. The number of amides is 1. The van der Waals surface area contributed by atoms with Crippen LogP contribution in [0.5, 0.6) is 5.75 Å². The van der Waals surface area contributed by atoms with Gasteiger partial charge >= 0.3 is 5.97 Å². The molecule has 0 spiro atoms. The third-order valence-electron chi connectivity index (χ3n) is 4.62. The van der Waals surface area contributed by atoms with Gasteiger partial charge < -0.3 is 14.8 Å². The van der Waals surface area contributed by atoms with Crippen molar-refractivity contribution in [1.29, 1.82) is 0 Å². The molecule has 1 N–H and O–H groups in total. The highest BCUT2D eigenvalue weighted by Crippen LogP contribution is 2.40. The third-order valence-corrected chi connectivity index (χ3v) is 6.03. The molecule has 1 aliphatic carbocycles. The largest absolute Gasteiger partial charge is 0.496 e. The van der Waals surface area contributed by atoms with Crippen molar-refractivity contribution in [1.82, 2.24) is 0 Å². The Morgan fingerprint density at radius 3 is 2.85 bits per heavy atom. The van der Waals surface area contributed by atoms with Gasteiger partial charge in [-0.05, 0) is 55.9 Å². The number of fused-ring (bicyclic) bond motifs is 1. The Kier molecular flexibility index (Phi) is 6.07. The number of ether oxygens (including phenoxy) is 2. The maximum atomic E-state index is 12.9. The first-order valence-electron chi connectivity index (χ1n) is 8.91. The van der Waals surface area contributed by atoms with Gasteiger partial charge in [-0.2, -0.15) is 0 Å². The lowest BCUT2D eigenvalue weighted by atomic mass is 9.88. The average molecular weight is 408 g/mol. The first-order valence-corrected chi connectivity index (χ1v) is 10.1. The monoisotopic (exact) mass is 407 g/mol. The van der Waals surface area contributed by atoms with Gasteiger partial charge in [-0.3, -0.25) is 4.79 Å². The standard InChI is InChI=1S/C20H22ClNO4S/c1-4-26-20(24)17-13-7-5-11(2)9-16(13)27-19(17)22-18(23)14-10-12(21)6-8-15(14)25-3/h6,8,10-11H,4-5,7,9H2,1-3H3,(H,22,23)/t11-/m0/s1. The van der Waals surface area contributed by atoms with Gasteiger partial charge in [0.1, 0.15) is 10.8 Å². The zero-order chi connectivity index (χ0) is 19.6. The van der Waals surface area contributed by atoms with E-state index < -0.39 is 5.97 Å². The number of thiophene rings is 1. The van der Waals surface area contributed by atoms with E-state index in [1.807, 2.05) is 0 Å². The van der Waals surface area contributed by atoms with Crippen molar-refractivity contribution in [2.75, 3.05) is 19.0 Å². The Bertz CT molecular complexity index is 877. The number of nitrogens with one attached hydrogen (secondary N) is 1. The number of carbonyl (C=O) groups is 2. The highest BCUT2D eigenvalue weighted by Gasteiger charge is 2.29. The Morgan fingerprint density at radius 2 is 2.15 bits per heavy atom. The van der Waals surface area contributed by atoms with Gasteiger partial charge in [0, 0.05) is 9.90 Å². The molecule has 1 aromatic heterocycles. The minimum atomic E-state index is -0.391. The van der Waals surface area contributed by atoms with Crippen molar-refractivity contribution in [3.05, 3.63) is 44.8 Å². The Hall–Kier alpha value is -2.05. The van der Waals surface area contributed by atoms with E-state index in [4.69, 9.17) is 21.1 Å². The number of benzene rings is 1. The van der Waals surface area contributed by atoms with Crippen LogP contribution in [-0.4, -0.2) is 25.6 Å². The van der Waals surface area contributed by atoms with Crippen LogP contribution in [0.4, 0.5) is 5.00 Å².